The minimum Gasteiger partial charge on any atom is -0.351 e. The van der Waals surface area contributed by atoms with Gasteiger partial charge < -0.3 is 10.6 Å². The van der Waals surface area contributed by atoms with Crippen LogP contribution in [0.3, 0.4) is 0 Å². The normalized spacial score (nSPS) is 10.3. The van der Waals surface area contributed by atoms with Crippen LogP contribution in [0.2, 0.25) is 0 Å². The van der Waals surface area contributed by atoms with Gasteiger partial charge in [-0.3, -0.25) is 14.7 Å². The van der Waals surface area contributed by atoms with Crippen LogP contribution in [0, 0.1) is 0 Å². The monoisotopic (exact) mass is 341 g/mol. The summed E-state index contributed by atoms with van der Waals surface area (Å²) in [5.41, 5.74) is 1.98. The highest BCUT2D eigenvalue weighted by molar-refractivity contribution is 7.13. The van der Waals surface area contributed by atoms with Crippen LogP contribution in [0.1, 0.15) is 16.8 Å². The molecule has 0 fully saturated rings. The highest BCUT2D eigenvalue weighted by atomic mass is 32.1. The second-order valence-corrected chi connectivity index (χ2v) is 5.81. The van der Waals surface area contributed by atoms with Gasteiger partial charge in [-0.25, -0.2) is 4.98 Å². The lowest BCUT2D eigenvalue weighted by Crippen LogP contribution is -2.27. The van der Waals surface area contributed by atoms with E-state index < -0.39 is 0 Å². The number of nitrogens with one attached hydrogen (secondary N) is 3. The van der Waals surface area contributed by atoms with E-state index in [0.29, 0.717) is 16.4 Å². The number of hydrogen-bond acceptors (Lipinski definition) is 5. The maximum absolute atomic E-state index is 12.3. The molecule has 24 heavy (non-hydrogen) atoms. The molecule has 7 nitrogen and oxygen atoms in total. The highest BCUT2D eigenvalue weighted by Gasteiger charge is 2.15. The van der Waals surface area contributed by atoms with E-state index in [1.54, 1.807) is 11.6 Å². The Hall–Kier alpha value is -3.00. The van der Waals surface area contributed by atoms with Crippen LogP contribution in [-0.4, -0.2) is 33.5 Å². The minimum absolute atomic E-state index is 0.170. The maximum atomic E-state index is 12.3. The van der Waals surface area contributed by atoms with Crippen molar-refractivity contribution in [2.75, 3.05) is 11.9 Å². The SMILES string of the molecule is O=C(CCNC(=O)c1cn[nH]c1-c1ccccc1)Nc1nccs1. The predicted molar refractivity (Wildman–Crippen MR) is 91.7 cm³/mol. The van der Waals surface area contributed by atoms with E-state index in [2.05, 4.69) is 25.8 Å². The Bertz CT molecular complexity index is 814. The molecule has 3 aromatic rings. The van der Waals surface area contributed by atoms with Crippen LogP contribution in [0.4, 0.5) is 5.13 Å². The molecule has 0 unspecified atom stereocenters. The number of hydrogen-bond donors (Lipinski definition) is 3. The Labute approximate surface area is 142 Å². The lowest BCUT2D eigenvalue weighted by atomic mass is 10.1. The van der Waals surface area contributed by atoms with Gasteiger partial charge in [0.1, 0.15) is 0 Å². The van der Waals surface area contributed by atoms with Gasteiger partial charge in [-0.2, -0.15) is 5.10 Å². The predicted octanol–water partition coefficient (Wildman–Crippen LogP) is 2.29. The fourth-order valence-electron chi connectivity index (χ4n) is 2.13. The van der Waals surface area contributed by atoms with Crippen molar-refractivity contribution in [2.24, 2.45) is 0 Å². The van der Waals surface area contributed by atoms with E-state index >= 15 is 0 Å². The van der Waals surface area contributed by atoms with Crippen molar-refractivity contribution in [3.63, 3.8) is 0 Å². The van der Waals surface area contributed by atoms with Crippen molar-refractivity contribution in [3.05, 3.63) is 53.7 Å². The smallest absolute Gasteiger partial charge is 0.255 e. The Morgan fingerprint density at radius 1 is 1.21 bits per heavy atom. The van der Waals surface area contributed by atoms with Gasteiger partial charge in [0.25, 0.3) is 5.91 Å². The third-order valence-electron chi connectivity index (χ3n) is 3.26. The molecule has 8 heteroatoms. The quantitative estimate of drug-likeness (QED) is 0.640. The summed E-state index contributed by atoms with van der Waals surface area (Å²) >= 11 is 1.35. The number of anilines is 1. The number of rotatable bonds is 6. The van der Waals surface area contributed by atoms with Crippen molar-refractivity contribution in [3.8, 4) is 11.3 Å². The third kappa shape index (κ3) is 3.85. The molecule has 3 rings (SSSR count). The van der Waals surface area contributed by atoms with Gasteiger partial charge in [0, 0.05) is 30.1 Å². The number of H-pyrrole nitrogens is 1. The summed E-state index contributed by atoms with van der Waals surface area (Å²) in [4.78, 5) is 28.0. The van der Waals surface area contributed by atoms with Gasteiger partial charge in [0.15, 0.2) is 5.13 Å². The van der Waals surface area contributed by atoms with E-state index in [0.717, 1.165) is 5.56 Å². The lowest BCUT2D eigenvalue weighted by Gasteiger charge is -2.06. The number of amides is 2. The molecule has 2 aromatic heterocycles. The molecule has 0 saturated heterocycles. The van der Waals surface area contributed by atoms with E-state index in [1.165, 1.54) is 17.5 Å². The molecule has 0 aliphatic heterocycles. The summed E-state index contributed by atoms with van der Waals surface area (Å²) < 4.78 is 0. The van der Waals surface area contributed by atoms with Crippen LogP contribution in [0.25, 0.3) is 11.3 Å². The molecular weight excluding hydrogens is 326 g/mol. The van der Waals surface area contributed by atoms with Crippen LogP contribution >= 0.6 is 11.3 Å². The Balaban J connectivity index is 1.55. The number of nitrogens with zero attached hydrogens (tertiary/aromatic N) is 2. The van der Waals surface area contributed by atoms with Gasteiger partial charge in [-0.05, 0) is 0 Å². The van der Waals surface area contributed by atoms with E-state index in [4.69, 9.17) is 0 Å². The lowest BCUT2D eigenvalue weighted by molar-refractivity contribution is -0.116. The molecule has 0 radical (unpaired) electrons. The average molecular weight is 341 g/mol. The first-order chi connectivity index (χ1) is 11.7. The maximum Gasteiger partial charge on any atom is 0.255 e. The molecule has 2 heterocycles. The molecule has 0 aliphatic rings. The Kier molecular flexibility index (Phi) is 4.97. The van der Waals surface area contributed by atoms with E-state index in [1.807, 2.05) is 30.3 Å². The zero-order valence-electron chi connectivity index (χ0n) is 12.7. The second-order valence-electron chi connectivity index (χ2n) is 4.92. The summed E-state index contributed by atoms with van der Waals surface area (Å²) in [6.45, 7) is 0.232. The number of aromatic amines is 1. The van der Waals surface area contributed by atoms with Crippen molar-refractivity contribution < 1.29 is 9.59 Å². The van der Waals surface area contributed by atoms with Gasteiger partial charge in [-0.15, -0.1) is 11.3 Å². The third-order valence-corrected chi connectivity index (χ3v) is 3.95. The summed E-state index contributed by atoms with van der Waals surface area (Å²) in [5.74, 6) is -0.467. The van der Waals surface area contributed by atoms with Gasteiger partial charge in [0.05, 0.1) is 17.5 Å². The summed E-state index contributed by atoms with van der Waals surface area (Å²) in [6.07, 6.45) is 3.27. The fourth-order valence-corrected chi connectivity index (χ4v) is 2.68. The first kappa shape index (κ1) is 15.9. The summed E-state index contributed by atoms with van der Waals surface area (Å²) in [6, 6.07) is 9.47. The van der Waals surface area contributed by atoms with Crippen molar-refractivity contribution in [1.29, 1.82) is 0 Å². The molecule has 1 aromatic carbocycles. The number of carbonyl (C=O) groups is 2. The van der Waals surface area contributed by atoms with Crippen LogP contribution < -0.4 is 10.6 Å². The molecule has 0 saturated carbocycles. The highest BCUT2D eigenvalue weighted by Crippen LogP contribution is 2.20. The minimum atomic E-state index is -0.273. The molecule has 0 aliphatic carbocycles. The number of carbonyl (C=O) groups excluding carboxylic acids is 2. The van der Waals surface area contributed by atoms with Gasteiger partial charge in [0.2, 0.25) is 5.91 Å². The van der Waals surface area contributed by atoms with Gasteiger partial charge >= 0.3 is 0 Å². The van der Waals surface area contributed by atoms with Crippen molar-refractivity contribution in [1.82, 2.24) is 20.5 Å². The molecule has 2 amide bonds. The zero-order chi connectivity index (χ0) is 16.8. The van der Waals surface area contributed by atoms with E-state index in [9.17, 15) is 9.59 Å². The molecule has 0 spiro atoms. The van der Waals surface area contributed by atoms with Crippen molar-refractivity contribution in [2.45, 2.75) is 6.42 Å². The van der Waals surface area contributed by atoms with Crippen LogP contribution in [0.5, 0.6) is 0 Å². The molecule has 0 atom stereocenters. The second kappa shape index (κ2) is 7.51. The standard InChI is InChI=1S/C16H15N5O2S/c22-13(20-16-18-8-9-24-16)6-7-17-15(23)12-10-19-21-14(12)11-4-2-1-3-5-11/h1-5,8-10H,6-7H2,(H,17,23)(H,19,21)(H,18,20,22). The van der Waals surface area contributed by atoms with Gasteiger partial charge in [-0.1, -0.05) is 30.3 Å². The topological polar surface area (TPSA) is 99.8 Å². The first-order valence-electron chi connectivity index (χ1n) is 7.30. The first-order valence-corrected chi connectivity index (χ1v) is 8.18. The number of aromatic nitrogens is 3. The zero-order valence-corrected chi connectivity index (χ0v) is 13.5. The van der Waals surface area contributed by atoms with Crippen LogP contribution in [-0.2, 0) is 4.79 Å². The summed E-state index contributed by atoms with van der Waals surface area (Å²) in [5, 5.41) is 14.5. The molecule has 122 valence electrons. The Morgan fingerprint density at radius 2 is 2.04 bits per heavy atom. The van der Waals surface area contributed by atoms with Crippen molar-refractivity contribution >= 4 is 28.3 Å². The Morgan fingerprint density at radius 3 is 2.79 bits per heavy atom. The molecular formula is C16H15N5O2S. The fraction of sp³-hybridized carbons (Fsp3) is 0.125. The molecule has 3 N–H and O–H groups in total. The number of benzene rings is 1. The van der Waals surface area contributed by atoms with E-state index in [-0.39, 0.29) is 24.8 Å². The largest absolute Gasteiger partial charge is 0.351 e. The van der Waals surface area contributed by atoms with Crippen LogP contribution in [0.15, 0.2) is 48.1 Å². The average Bonchev–Trinajstić information content (AvgIpc) is 3.27. The number of thiazole rings is 1. The summed E-state index contributed by atoms with van der Waals surface area (Å²) in [7, 11) is 0. The molecule has 0 bridgehead atoms.